The maximum absolute atomic E-state index is 12.9. The Morgan fingerprint density at radius 2 is 1.50 bits per heavy atom. The standard InChI is InChI=1S/C28H38N4O4/c33-24-10-5-22(6-11-24)7-14-28(36)32-19-2-1-15-29-16-3-17-30-26(21-27(35)31-18-4-20-32)23-8-12-25(34)13-9-23/h5-14,26,29-30,33-34H,1-4,15-21H2,(H,31,35)/b14-7+/t26-/m0/s1. The first kappa shape index (κ1) is 27.2. The van der Waals surface area contributed by atoms with Crippen LogP contribution < -0.4 is 16.0 Å². The van der Waals surface area contributed by atoms with Crippen molar-refractivity contribution in [2.24, 2.45) is 0 Å². The fraction of sp³-hybridized carbons (Fsp3) is 0.429. The number of nitrogens with one attached hydrogen (secondary N) is 3. The number of rotatable bonds is 3. The Balaban J connectivity index is 1.58. The third kappa shape index (κ3) is 9.71. The van der Waals surface area contributed by atoms with Crippen LogP contribution in [0.5, 0.6) is 11.5 Å². The molecule has 0 saturated carbocycles. The summed E-state index contributed by atoms with van der Waals surface area (Å²) >= 11 is 0. The number of benzene rings is 2. The molecule has 0 bridgehead atoms. The van der Waals surface area contributed by atoms with Crippen LogP contribution in [-0.2, 0) is 9.59 Å². The topological polar surface area (TPSA) is 114 Å². The molecule has 1 aliphatic heterocycles. The van der Waals surface area contributed by atoms with E-state index in [0.29, 0.717) is 32.5 Å². The number of carbonyl (C=O) groups excluding carboxylic acids is 2. The van der Waals surface area contributed by atoms with Crippen LogP contribution in [0.25, 0.3) is 6.08 Å². The minimum atomic E-state index is -0.135. The van der Waals surface area contributed by atoms with Crippen molar-refractivity contribution in [3.8, 4) is 11.5 Å². The zero-order valence-corrected chi connectivity index (χ0v) is 20.8. The maximum atomic E-state index is 12.9. The van der Waals surface area contributed by atoms with Crippen molar-refractivity contribution in [3.05, 3.63) is 65.7 Å². The van der Waals surface area contributed by atoms with Crippen LogP contribution in [0, 0.1) is 0 Å². The van der Waals surface area contributed by atoms with Crippen molar-refractivity contribution < 1.29 is 19.8 Å². The average Bonchev–Trinajstić information content (AvgIpc) is 2.88. The van der Waals surface area contributed by atoms with Gasteiger partial charge >= 0.3 is 0 Å². The van der Waals surface area contributed by atoms with Crippen LogP contribution in [0.4, 0.5) is 0 Å². The van der Waals surface area contributed by atoms with Gasteiger partial charge in [-0.05, 0) is 86.8 Å². The van der Waals surface area contributed by atoms with E-state index in [1.807, 2.05) is 17.0 Å². The van der Waals surface area contributed by atoms with Gasteiger partial charge in [0.05, 0.1) is 0 Å². The van der Waals surface area contributed by atoms with Crippen molar-refractivity contribution in [1.82, 2.24) is 20.9 Å². The highest BCUT2D eigenvalue weighted by Crippen LogP contribution is 2.20. The molecule has 5 N–H and O–H groups in total. The molecule has 8 heteroatoms. The Morgan fingerprint density at radius 3 is 2.25 bits per heavy atom. The number of nitrogens with zero attached hydrogens (tertiary/aromatic N) is 1. The Kier molecular flexibility index (Phi) is 11.3. The molecule has 0 unspecified atom stereocenters. The summed E-state index contributed by atoms with van der Waals surface area (Å²) in [4.78, 5) is 27.4. The molecule has 3 rings (SSSR count). The van der Waals surface area contributed by atoms with E-state index in [1.165, 1.54) is 0 Å². The summed E-state index contributed by atoms with van der Waals surface area (Å²) in [7, 11) is 0. The number of carbonyl (C=O) groups is 2. The fourth-order valence-corrected chi connectivity index (χ4v) is 4.13. The van der Waals surface area contributed by atoms with Crippen LogP contribution in [0.15, 0.2) is 54.6 Å². The molecule has 2 aromatic carbocycles. The molecule has 0 spiro atoms. The van der Waals surface area contributed by atoms with Gasteiger partial charge in [-0.2, -0.15) is 0 Å². The molecule has 2 amide bonds. The van der Waals surface area contributed by atoms with Gasteiger partial charge in [0.15, 0.2) is 0 Å². The van der Waals surface area contributed by atoms with Crippen molar-refractivity contribution in [1.29, 1.82) is 0 Å². The number of hydrogen-bond acceptors (Lipinski definition) is 6. The highest BCUT2D eigenvalue weighted by molar-refractivity contribution is 5.91. The summed E-state index contributed by atoms with van der Waals surface area (Å²) in [5.74, 6) is 0.287. The highest BCUT2D eigenvalue weighted by atomic mass is 16.3. The molecule has 2 aromatic rings. The number of hydrogen-bond donors (Lipinski definition) is 5. The van der Waals surface area contributed by atoms with E-state index in [4.69, 9.17) is 0 Å². The first-order valence-corrected chi connectivity index (χ1v) is 12.8. The van der Waals surface area contributed by atoms with Gasteiger partial charge in [0.25, 0.3) is 0 Å². The van der Waals surface area contributed by atoms with E-state index < -0.39 is 0 Å². The maximum Gasteiger partial charge on any atom is 0.246 e. The molecule has 1 aliphatic rings. The van der Waals surface area contributed by atoms with Crippen LogP contribution in [0.3, 0.4) is 0 Å². The Morgan fingerprint density at radius 1 is 0.833 bits per heavy atom. The molecule has 1 saturated heterocycles. The van der Waals surface area contributed by atoms with Crippen molar-refractivity contribution in [2.45, 2.75) is 38.1 Å². The molecular formula is C28H38N4O4. The van der Waals surface area contributed by atoms with Crippen molar-refractivity contribution >= 4 is 17.9 Å². The summed E-state index contributed by atoms with van der Waals surface area (Å²) in [6.07, 6.45) is 7.11. The summed E-state index contributed by atoms with van der Waals surface area (Å²) in [5, 5.41) is 29.0. The van der Waals surface area contributed by atoms with Gasteiger partial charge in [-0.1, -0.05) is 24.3 Å². The fourth-order valence-electron chi connectivity index (χ4n) is 4.13. The molecule has 1 atom stereocenters. The van der Waals surface area contributed by atoms with E-state index in [9.17, 15) is 19.8 Å². The summed E-state index contributed by atoms with van der Waals surface area (Å²) in [6.45, 7) is 4.27. The number of amides is 2. The quantitative estimate of drug-likeness (QED) is 0.419. The summed E-state index contributed by atoms with van der Waals surface area (Å²) < 4.78 is 0. The van der Waals surface area contributed by atoms with Gasteiger partial charge in [0.2, 0.25) is 11.8 Å². The monoisotopic (exact) mass is 494 g/mol. The molecule has 0 aliphatic carbocycles. The molecule has 36 heavy (non-hydrogen) atoms. The Labute approximate surface area is 213 Å². The lowest BCUT2D eigenvalue weighted by Crippen LogP contribution is -2.35. The molecule has 8 nitrogen and oxygen atoms in total. The van der Waals surface area contributed by atoms with E-state index >= 15 is 0 Å². The third-order valence-corrected chi connectivity index (χ3v) is 6.19. The molecule has 0 radical (unpaired) electrons. The first-order valence-electron chi connectivity index (χ1n) is 12.8. The number of phenolic OH excluding ortho intramolecular Hbond substituents is 2. The van der Waals surface area contributed by atoms with E-state index in [1.54, 1.807) is 48.6 Å². The van der Waals surface area contributed by atoms with Crippen molar-refractivity contribution in [2.75, 3.05) is 39.3 Å². The van der Waals surface area contributed by atoms with Gasteiger partial charge in [-0.25, -0.2) is 0 Å². The second-order valence-electron chi connectivity index (χ2n) is 9.07. The van der Waals surface area contributed by atoms with Crippen molar-refractivity contribution in [3.63, 3.8) is 0 Å². The van der Waals surface area contributed by atoms with Crippen LogP contribution in [-0.4, -0.2) is 66.2 Å². The summed E-state index contributed by atoms with van der Waals surface area (Å²) in [6, 6.07) is 13.5. The third-order valence-electron chi connectivity index (χ3n) is 6.19. The van der Waals surface area contributed by atoms with E-state index in [0.717, 1.165) is 50.0 Å². The van der Waals surface area contributed by atoms with Gasteiger partial charge < -0.3 is 31.1 Å². The first-order chi connectivity index (χ1) is 17.5. The lowest BCUT2D eigenvalue weighted by Gasteiger charge is -2.22. The molecule has 1 heterocycles. The predicted octanol–water partition coefficient (Wildman–Crippen LogP) is 2.94. The molecule has 194 valence electrons. The summed E-state index contributed by atoms with van der Waals surface area (Å²) in [5.41, 5.74) is 1.81. The van der Waals surface area contributed by atoms with Gasteiger partial charge in [0, 0.05) is 38.2 Å². The van der Waals surface area contributed by atoms with E-state index in [2.05, 4.69) is 16.0 Å². The minimum Gasteiger partial charge on any atom is -0.508 e. The van der Waals surface area contributed by atoms with Gasteiger partial charge in [-0.3, -0.25) is 9.59 Å². The second kappa shape index (κ2) is 14.9. The van der Waals surface area contributed by atoms with Crippen LogP contribution in [0.2, 0.25) is 0 Å². The largest absolute Gasteiger partial charge is 0.508 e. The average molecular weight is 495 g/mol. The smallest absolute Gasteiger partial charge is 0.246 e. The number of aromatic hydroxyl groups is 2. The second-order valence-corrected chi connectivity index (χ2v) is 9.07. The van der Waals surface area contributed by atoms with Gasteiger partial charge in [0.1, 0.15) is 11.5 Å². The Bertz CT molecular complexity index is 976. The van der Waals surface area contributed by atoms with Gasteiger partial charge in [-0.15, -0.1) is 0 Å². The number of phenols is 2. The highest BCUT2D eigenvalue weighted by Gasteiger charge is 2.16. The molecule has 1 fully saturated rings. The Hall–Kier alpha value is -3.36. The zero-order valence-electron chi connectivity index (χ0n) is 20.8. The lowest BCUT2D eigenvalue weighted by molar-refractivity contribution is -0.126. The molecular weight excluding hydrogens is 456 g/mol. The predicted molar refractivity (Wildman–Crippen MR) is 142 cm³/mol. The zero-order chi connectivity index (χ0) is 25.6. The lowest BCUT2D eigenvalue weighted by atomic mass is 10.0. The van der Waals surface area contributed by atoms with E-state index in [-0.39, 0.29) is 29.4 Å². The van der Waals surface area contributed by atoms with Crippen LogP contribution >= 0.6 is 0 Å². The minimum absolute atomic E-state index is 0.0480. The molecule has 0 aromatic heterocycles. The van der Waals surface area contributed by atoms with Crippen LogP contribution in [0.1, 0.15) is 49.3 Å². The SMILES string of the molecule is O=C1C[C@@H](c2ccc(O)cc2)NCCCNCCCCN(C(=O)/C=C/c2ccc(O)cc2)CCCN1. The normalized spacial score (nSPS) is 19.5.